The standard InChI is InChI=1S/C13H16Cl2O3/c14-10-6-5-7-11(13(10)15)18-9-4-2-1-3-8-12(16)17/h5-7H,1-4,8-9H2,(H,16,17). The number of carboxylic acid groups (broad SMARTS) is 1. The molecule has 1 aromatic carbocycles. The molecular formula is C13H16Cl2O3. The van der Waals surface area contributed by atoms with Crippen molar-refractivity contribution in [1.29, 1.82) is 0 Å². The lowest BCUT2D eigenvalue weighted by Crippen LogP contribution is -1.98. The summed E-state index contributed by atoms with van der Waals surface area (Å²) < 4.78 is 5.51. The highest BCUT2D eigenvalue weighted by molar-refractivity contribution is 6.42. The molecule has 1 aromatic rings. The van der Waals surface area contributed by atoms with E-state index in [1.807, 2.05) is 0 Å². The molecule has 0 aromatic heterocycles. The number of hydrogen-bond donors (Lipinski definition) is 1. The van der Waals surface area contributed by atoms with Crippen LogP contribution in [0.25, 0.3) is 0 Å². The number of carboxylic acids is 1. The number of benzene rings is 1. The zero-order chi connectivity index (χ0) is 13.4. The number of aliphatic carboxylic acids is 1. The van der Waals surface area contributed by atoms with E-state index in [9.17, 15) is 4.79 Å². The van der Waals surface area contributed by atoms with Gasteiger partial charge in [0.1, 0.15) is 10.8 Å². The molecule has 0 aliphatic carbocycles. The van der Waals surface area contributed by atoms with Gasteiger partial charge in [0.25, 0.3) is 0 Å². The lowest BCUT2D eigenvalue weighted by Gasteiger charge is -2.08. The quantitative estimate of drug-likeness (QED) is 0.722. The molecule has 0 saturated heterocycles. The Balaban J connectivity index is 2.14. The smallest absolute Gasteiger partial charge is 0.303 e. The number of hydrogen-bond acceptors (Lipinski definition) is 2. The van der Waals surface area contributed by atoms with Gasteiger partial charge in [-0.15, -0.1) is 0 Å². The highest BCUT2D eigenvalue weighted by Gasteiger charge is 2.04. The minimum atomic E-state index is -0.739. The molecule has 0 amide bonds. The molecule has 3 nitrogen and oxygen atoms in total. The van der Waals surface area contributed by atoms with Crippen LogP contribution >= 0.6 is 23.2 Å². The van der Waals surface area contributed by atoms with E-state index in [1.54, 1.807) is 18.2 Å². The van der Waals surface area contributed by atoms with E-state index < -0.39 is 5.97 Å². The Morgan fingerprint density at radius 2 is 1.89 bits per heavy atom. The normalized spacial score (nSPS) is 10.3. The van der Waals surface area contributed by atoms with E-state index in [2.05, 4.69) is 0 Å². The monoisotopic (exact) mass is 290 g/mol. The summed E-state index contributed by atoms with van der Waals surface area (Å²) in [6, 6.07) is 5.28. The van der Waals surface area contributed by atoms with Crippen molar-refractivity contribution in [2.75, 3.05) is 6.61 Å². The van der Waals surface area contributed by atoms with E-state index in [1.165, 1.54) is 0 Å². The molecule has 0 spiro atoms. The van der Waals surface area contributed by atoms with Crippen LogP contribution in [0.3, 0.4) is 0 Å². The maximum Gasteiger partial charge on any atom is 0.303 e. The first-order valence-electron chi connectivity index (χ1n) is 5.90. The fourth-order valence-electron chi connectivity index (χ4n) is 1.51. The molecule has 0 saturated carbocycles. The maximum absolute atomic E-state index is 10.3. The van der Waals surface area contributed by atoms with Gasteiger partial charge in [0.15, 0.2) is 0 Å². The van der Waals surface area contributed by atoms with Crippen molar-refractivity contribution in [3.05, 3.63) is 28.2 Å². The summed E-state index contributed by atoms with van der Waals surface area (Å²) in [5.41, 5.74) is 0. The molecule has 0 aliphatic rings. The first-order valence-corrected chi connectivity index (χ1v) is 6.65. The van der Waals surface area contributed by atoms with Crippen LogP contribution in [0.2, 0.25) is 10.0 Å². The molecule has 0 heterocycles. The van der Waals surface area contributed by atoms with Gasteiger partial charge in [0.2, 0.25) is 0 Å². The van der Waals surface area contributed by atoms with Crippen LogP contribution in [0.5, 0.6) is 5.75 Å². The fourth-order valence-corrected chi connectivity index (χ4v) is 1.86. The van der Waals surface area contributed by atoms with Crippen molar-refractivity contribution in [2.24, 2.45) is 0 Å². The average Bonchev–Trinajstić information content (AvgIpc) is 2.32. The van der Waals surface area contributed by atoms with E-state index in [0.29, 0.717) is 28.8 Å². The van der Waals surface area contributed by atoms with Crippen LogP contribution in [0, 0.1) is 0 Å². The number of unbranched alkanes of at least 4 members (excludes halogenated alkanes) is 3. The molecule has 100 valence electrons. The summed E-state index contributed by atoms with van der Waals surface area (Å²) in [5.74, 6) is -0.147. The second-order valence-corrected chi connectivity index (χ2v) is 4.74. The predicted molar refractivity (Wildman–Crippen MR) is 72.7 cm³/mol. The number of halogens is 2. The van der Waals surface area contributed by atoms with Gasteiger partial charge < -0.3 is 9.84 Å². The van der Waals surface area contributed by atoms with Crippen LogP contribution < -0.4 is 4.74 Å². The molecule has 0 atom stereocenters. The summed E-state index contributed by atoms with van der Waals surface area (Å²) in [7, 11) is 0. The minimum absolute atomic E-state index is 0.237. The summed E-state index contributed by atoms with van der Waals surface area (Å²) >= 11 is 11.8. The fraction of sp³-hybridized carbons (Fsp3) is 0.462. The Bertz CT molecular complexity index is 394. The summed E-state index contributed by atoms with van der Waals surface area (Å²) in [6.45, 7) is 0.563. The van der Waals surface area contributed by atoms with Crippen molar-refractivity contribution in [3.63, 3.8) is 0 Å². The topological polar surface area (TPSA) is 46.5 Å². The van der Waals surface area contributed by atoms with Crippen molar-refractivity contribution in [2.45, 2.75) is 32.1 Å². The Morgan fingerprint density at radius 1 is 1.17 bits per heavy atom. The highest BCUT2D eigenvalue weighted by Crippen LogP contribution is 2.31. The maximum atomic E-state index is 10.3. The molecule has 1 N–H and O–H groups in total. The van der Waals surface area contributed by atoms with Gasteiger partial charge in [0, 0.05) is 6.42 Å². The summed E-state index contributed by atoms with van der Waals surface area (Å²) in [5, 5.41) is 9.39. The number of carbonyl (C=O) groups is 1. The van der Waals surface area contributed by atoms with Crippen molar-refractivity contribution >= 4 is 29.2 Å². The first kappa shape index (κ1) is 15.1. The van der Waals surface area contributed by atoms with Crippen LogP contribution in [0.15, 0.2) is 18.2 Å². The van der Waals surface area contributed by atoms with Crippen molar-refractivity contribution in [3.8, 4) is 5.75 Å². The predicted octanol–water partition coefficient (Wildman–Crippen LogP) is 4.41. The average molecular weight is 291 g/mol. The molecular weight excluding hydrogens is 275 g/mol. The van der Waals surface area contributed by atoms with Crippen molar-refractivity contribution in [1.82, 2.24) is 0 Å². The molecule has 0 fully saturated rings. The Hall–Kier alpha value is -0.930. The zero-order valence-corrected chi connectivity index (χ0v) is 11.5. The molecule has 0 radical (unpaired) electrons. The van der Waals surface area contributed by atoms with Gasteiger partial charge in [0.05, 0.1) is 11.6 Å². The van der Waals surface area contributed by atoms with Crippen LogP contribution in [0.4, 0.5) is 0 Å². The Labute approximate surface area is 117 Å². The SMILES string of the molecule is O=C(O)CCCCCCOc1cccc(Cl)c1Cl. The van der Waals surface area contributed by atoms with Gasteiger partial charge in [-0.25, -0.2) is 0 Å². The first-order chi connectivity index (χ1) is 8.61. The molecule has 5 heteroatoms. The van der Waals surface area contributed by atoms with E-state index in [4.69, 9.17) is 33.0 Å². The van der Waals surface area contributed by atoms with Crippen LogP contribution in [0.1, 0.15) is 32.1 Å². The molecule has 0 bridgehead atoms. The third kappa shape index (κ3) is 5.61. The second kappa shape index (κ2) is 8.22. The third-order valence-corrected chi connectivity index (χ3v) is 3.26. The van der Waals surface area contributed by atoms with Gasteiger partial charge in [-0.05, 0) is 25.0 Å². The van der Waals surface area contributed by atoms with Crippen LogP contribution in [-0.4, -0.2) is 17.7 Å². The van der Waals surface area contributed by atoms with E-state index >= 15 is 0 Å². The minimum Gasteiger partial charge on any atom is -0.492 e. The van der Waals surface area contributed by atoms with Gasteiger partial charge in [-0.3, -0.25) is 4.79 Å². The molecule has 18 heavy (non-hydrogen) atoms. The van der Waals surface area contributed by atoms with Crippen molar-refractivity contribution < 1.29 is 14.6 Å². The van der Waals surface area contributed by atoms with E-state index in [-0.39, 0.29) is 6.42 Å². The Morgan fingerprint density at radius 3 is 2.61 bits per heavy atom. The zero-order valence-electron chi connectivity index (χ0n) is 9.99. The molecule has 1 rings (SSSR count). The number of ether oxygens (including phenoxy) is 1. The highest BCUT2D eigenvalue weighted by atomic mass is 35.5. The second-order valence-electron chi connectivity index (χ2n) is 3.96. The molecule has 0 aliphatic heterocycles. The van der Waals surface area contributed by atoms with Gasteiger partial charge >= 0.3 is 5.97 Å². The van der Waals surface area contributed by atoms with Crippen LogP contribution in [-0.2, 0) is 4.79 Å². The third-order valence-electron chi connectivity index (χ3n) is 2.46. The lowest BCUT2D eigenvalue weighted by atomic mass is 10.1. The molecule has 0 unspecified atom stereocenters. The Kier molecular flexibility index (Phi) is 6.91. The lowest BCUT2D eigenvalue weighted by molar-refractivity contribution is -0.137. The van der Waals surface area contributed by atoms with Gasteiger partial charge in [-0.2, -0.15) is 0 Å². The van der Waals surface area contributed by atoms with E-state index in [0.717, 1.165) is 19.3 Å². The van der Waals surface area contributed by atoms with Gasteiger partial charge in [-0.1, -0.05) is 42.1 Å². The summed E-state index contributed by atoms with van der Waals surface area (Å²) in [6.07, 6.45) is 3.68. The number of rotatable bonds is 8. The summed E-state index contributed by atoms with van der Waals surface area (Å²) in [4.78, 5) is 10.3. The largest absolute Gasteiger partial charge is 0.492 e.